The second kappa shape index (κ2) is 8.76. The minimum atomic E-state index is -3.64. The van der Waals surface area contributed by atoms with Crippen LogP contribution in [0.5, 0.6) is 0 Å². The molecule has 3 aromatic rings. The van der Waals surface area contributed by atoms with Gasteiger partial charge in [-0.15, -0.1) is 0 Å². The summed E-state index contributed by atoms with van der Waals surface area (Å²) in [5, 5.41) is 5.20. The van der Waals surface area contributed by atoms with Crippen LogP contribution in [0.3, 0.4) is 0 Å². The van der Waals surface area contributed by atoms with Crippen LogP contribution >= 0.6 is 0 Å². The number of carbonyl (C=O) groups excluding carboxylic acids is 1. The Labute approximate surface area is 172 Å². The summed E-state index contributed by atoms with van der Waals surface area (Å²) in [6.07, 6.45) is 0.0714. The van der Waals surface area contributed by atoms with E-state index in [9.17, 15) is 13.2 Å². The standard InChI is InChI=1S/C23H26N2O3S/c1-16-8-9-17(2)22(14-16)29(27,28)24-13-12-23(26)25-18(3)20-11-10-19-6-4-5-7-21(19)15-20/h4-11,14-15,18,24H,12-13H2,1-3H3,(H,25,26). The first-order valence-electron chi connectivity index (χ1n) is 9.61. The van der Waals surface area contributed by atoms with E-state index < -0.39 is 10.0 Å². The van der Waals surface area contributed by atoms with Gasteiger partial charge < -0.3 is 5.32 Å². The van der Waals surface area contributed by atoms with Crippen LogP contribution in [0.4, 0.5) is 0 Å². The number of sulfonamides is 1. The van der Waals surface area contributed by atoms with Crippen molar-refractivity contribution in [2.24, 2.45) is 0 Å². The van der Waals surface area contributed by atoms with Gasteiger partial charge in [0, 0.05) is 13.0 Å². The van der Waals surface area contributed by atoms with Crippen LogP contribution in [0.15, 0.2) is 65.6 Å². The number of nitrogens with one attached hydrogen (secondary N) is 2. The molecular weight excluding hydrogens is 384 g/mol. The average molecular weight is 411 g/mol. The van der Waals surface area contributed by atoms with Crippen molar-refractivity contribution in [1.29, 1.82) is 0 Å². The van der Waals surface area contributed by atoms with Crippen molar-refractivity contribution in [3.8, 4) is 0 Å². The van der Waals surface area contributed by atoms with E-state index in [4.69, 9.17) is 0 Å². The molecule has 1 amide bonds. The first-order chi connectivity index (χ1) is 13.8. The van der Waals surface area contributed by atoms with Crippen molar-refractivity contribution >= 4 is 26.7 Å². The zero-order valence-corrected chi connectivity index (χ0v) is 17.7. The molecule has 3 rings (SSSR count). The predicted octanol–water partition coefficient (Wildman–Crippen LogP) is 4.00. The minimum Gasteiger partial charge on any atom is -0.350 e. The highest BCUT2D eigenvalue weighted by atomic mass is 32.2. The Morgan fingerprint density at radius 3 is 2.45 bits per heavy atom. The number of fused-ring (bicyclic) bond motifs is 1. The van der Waals surface area contributed by atoms with Crippen LogP contribution in [-0.4, -0.2) is 20.9 Å². The van der Waals surface area contributed by atoms with Gasteiger partial charge in [-0.1, -0.05) is 48.5 Å². The smallest absolute Gasteiger partial charge is 0.240 e. The van der Waals surface area contributed by atoms with E-state index in [2.05, 4.69) is 16.1 Å². The third-order valence-electron chi connectivity index (χ3n) is 4.93. The van der Waals surface area contributed by atoms with Gasteiger partial charge in [-0.2, -0.15) is 0 Å². The molecule has 6 heteroatoms. The van der Waals surface area contributed by atoms with Gasteiger partial charge in [-0.25, -0.2) is 13.1 Å². The van der Waals surface area contributed by atoms with E-state index in [1.54, 1.807) is 19.1 Å². The summed E-state index contributed by atoms with van der Waals surface area (Å²) in [4.78, 5) is 12.5. The molecule has 0 aliphatic rings. The van der Waals surface area contributed by atoms with Crippen molar-refractivity contribution in [3.63, 3.8) is 0 Å². The molecule has 0 aromatic heterocycles. The van der Waals surface area contributed by atoms with Crippen molar-refractivity contribution in [2.75, 3.05) is 6.54 Å². The topological polar surface area (TPSA) is 75.3 Å². The maximum absolute atomic E-state index is 12.5. The number of amides is 1. The Kier molecular flexibility index (Phi) is 6.35. The highest BCUT2D eigenvalue weighted by Crippen LogP contribution is 2.20. The van der Waals surface area contributed by atoms with E-state index in [1.165, 1.54) is 0 Å². The molecule has 152 valence electrons. The third-order valence-corrected chi connectivity index (χ3v) is 6.53. The number of hydrogen-bond acceptors (Lipinski definition) is 3. The fourth-order valence-electron chi connectivity index (χ4n) is 3.25. The van der Waals surface area contributed by atoms with E-state index in [1.807, 2.05) is 56.3 Å². The summed E-state index contributed by atoms with van der Waals surface area (Å²) >= 11 is 0. The summed E-state index contributed by atoms with van der Waals surface area (Å²) in [7, 11) is -3.64. The van der Waals surface area contributed by atoms with Crippen molar-refractivity contribution < 1.29 is 13.2 Å². The number of benzene rings is 3. The summed E-state index contributed by atoms with van der Waals surface area (Å²) in [5.41, 5.74) is 2.56. The molecule has 1 atom stereocenters. The van der Waals surface area contributed by atoms with Crippen molar-refractivity contribution in [2.45, 2.75) is 38.1 Å². The lowest BCUT2D eigenvalue weighted by Crippen LogP contribution is -2.32. The quantitative estimate of drug-likeness (QED) is 0.618. The van der Waals surface area contributed by atoms with E-state index in [0.717, 1.165) is 21.9 Å². The highest BCUT2D eigenvalue weighted by Gasteiger charge is 2.17. The van der Waals surface area contributed by atoms with Gasteiger partial charge in [0.05, 0.1) is 10.9 Å². The van der Waals surface area contributed by atoms with Gasteiger partial charge in [0.1, 0.15) is 0 Å². The Hall–Kier alpha value is -2.70. The predicted molar refractivity (Wildman–Crippen MR) is 116 cm³/mol. The Balaban J connectivity index is 1.57. The van der Waals surface area contributed by atoms with Crippen molar-refractivity contribution in [3.05, 3.63) is 77.4 Å². The van der Waals surface area contributed by atoms with E-state index in [-0.39, 0.29) is 29.8 Å². The summed E-state index contributed by atoms with van der Waals surface area (Å²) in [6, 6.07) is 19.3. The molecule has 29 heavy (non-hydrogen) atoms. The van der Waals surface area contributed by atoms with E-state index in [0.29, 0.717) is 5.56 Å². The van der Waals surface area contributed by atoms with Crippen LogP contribution in [0.2, 0.25) is 0 Å². The van der Waals surface area contributed by atoms with Crippen LogP contribution in [-0.2, 0) is 14.8 Å². The second-order valence-electron chi connectivity index (χ2n) is 7.31. The molecule has 0 aliphatic heterocycles. The molecule has 0 spiro atoms. The largest absolute Gasteiger partial charge is 0.350 e. The molecule has 5 nitrogen and oxygen atoms in total. The molecular formula is C23H26N2O3S. The third kappa shape index (κ3) is 5.22. The van der Waals surface area contributed by atoms with Crippen LogP contribution in [0, 0.1) is 13.8 Å². The number of aryl methyl sites for hydroxylation is 2. The maximum atomic E-state index is 12.5. The van der Waals surface area contributed by atoms with Crippen LogP contribution < -0.4 is 10.0 Å². The SMILES string of the molecule is Cc1ccc(C)c(S(=O)(=O)NCCC(=O)NC(C)c2ccc3ccccc3c2)c1. The van der Waals surface area contributed by atoms with Crippen LogP contribution in [0.1, 0.15) is 36.1 Å². The zero-order valence-electron chi connectivity index (χ0n) is 16.9. The van der Waals surface area contributed by atoms with Gasteiger partial charge in [-0.3, -0.25) is 4.79 Å². The molecule has 3 aromatic carbocycles. The molecule has 0 fully saturated rings. The molecule has 0 heterocycles. The van der Waals surface area contributed by atoms with E-state index >= 15 is 0 Å². The average Bonchev–Trinajstić information content (AvgIpc) is 2.69. The lowest BCUT2D eigenvalue weighted by molar-refractivity contribution is -0.121. The summed E-state index contributed by atoms with van der Waals surface area (Å²) < 4.78 is 27.5. The zero-order chi connectivity index (χ0) is 21.0. The molecule has 1 unspecified atom stereocenters. The fourth-order valence-corrected chi connectivity index (χ4v) is 4.61. The summed E-state index contributed by atoms with van der Waals surface area (Å²) in [6.45, 7) is 5.57. The lowest BCUT2D eigenvalue weighted by atomic mass is 10.0. The first-order valence-corrected chi connectivity index (χ1v) is 11.1. The Morgan fingerprint density at radius 2 is 1.69 bits per heavy atom. The molecule has 0 radical (unpaired) electrons. The number of hydrogen-bond donors (Lipinski definition) is 2. The molecule has 0 aliphatic carbocycles. The number of carbonyl (C=O) groups is 1. The highest BCUT2D eigenvalue weighted by molar-refractivity contribution is 7.89. The fraction of sp³-hybridized carbons (Fsp3) is 0.261. The molecule has 0 saturated heterocycles. The maximum Gasteiger partial charge on any atom is 0.240 e. The van der Waals surface area contributed by atoms with Crippen LogP contribution in [0.25, 0.3) is 10.8 Å². The van der Waals surface area contributed by atoms with Gasteiger partial charge in [0.15, 0.2) is 0 Å². The summed E-state index contributed by atoms with van der Waals surface area (Å²) in [5.74, 6) is -0.200. The minimum absolute atomic E-state index is 0.0476. The van der Waals surface area contributed by atoms with Gasteiger partial charge in [0.25, 0.3) is 0 Å². The van der Waals surface area contributed by atoms with Gasteiger partial charge in [-0.05, 0) is 60.4 Å². The Bertz CT molecular complexity index is 1140. The lowest BCUT2D eigenvalue weighted by Gasteiger charge is -2.15. The number of rotatable bonds is 7. The second-order valence-corrected chi connectivity index (χ2v) is 9.05. The monoisotopic (exact) mass is 410 g/mol. The first kappa shape index (κ1) is 21.0. The Morgan fingerprint density at radius 1 is 0.966 bits per heavy atom. The molecule has 2 N–H and O–H groups in total. The van der Waals surface area contributed by atoms with Crippen molar-refractivity contribution in [1.82, 2.24) is 10.0 Å². The normalized spacial score (nSPS) is 12.7. The van der Waals surface area contributed by atoms with Gasteiger partial charge >= 0.3 is 0 Å². The van der Waals surface area contributed by atoms with Gasteiger partial charge in [0.2, 0.25) is 15.9 Å². The molecule has 0 bridgehead atoms. The molecule has 0 saturated carbocycles.